The fourth-order valence-corrected chi connectivity index (χ4v) is 4.28. The normalized spacial score (nSPS) is 14.6. The predicted octanol–water partition coefficient (Wildman–Crippen LogP) is 7.29. The molecule has 1 aromatic carbocycles. The molecule has 0 heterocycles. The summed E-state index contributed by atoms with van der Waals surface area (Å²) >= 11 is 0. The van der Waals surface area contributed by atoms with Gasteiger partial charge in [-0.1, -0.05) is 52.0 Å². The van der Waals surface area contributed by atoms with Crippen LogP contribution in [0.2, 0.25) is 18.1 Å². The molecule has 0 aliphatic heterocycles. The highest BCUT2D eigenvalue weighted by molar-refractivity contribution is 6.74. The van der Waals surface area contributed by atoms with Crippen LogP contribution >= 0.6 is 0 Å². The first-order valence-corrected chi connectivity index (χ1v) is 13.6. The van der Waals surface area contributed by atoms with Crippen LogP contribution in [0.25, 0.3) is 0 Å². The SMILES string of the molecule is C=CCC[C@@](/C=C/CC)(CCO[Si](C)(C)C(C)(C)C)c1ccc(OC)c(OC)c1. The van der Waals surface area contributed by atoms with Gasteiger partial charge in [-0.25, -0.2) is 0 Å². The highest BCUT2D eigenvalue weighted by Gasteiger charge is 2.38. The average Bonchev–Trinajstić information content (AvgIpc) is 2.68. The summed E-state index contributed by atoms with van der Waals surface area (Å²) in [5.74, 6) is 1.52. The molecule has 0 spiro atoms. The lowest BCUT2D eigenvalue weighted by atomic mass is 9.73. The predicted molar refractivity (Wildman–Crippen MR) is 128 cm³/mol. The molecule has 0 radical (unpaired) electrons. The maximum absolute atomic E-state index is 6.56. The molecule has 0 saturated heterocycles. The van der Waals surface area contributed by atoms with Gasteiger partial charge in [0.05, 0.1) is 14.2 Å². The molecule has 3 nitrogen and oxygen atoms in total. The van der Waals surface area contributed by atoms with Crippen LogP contribution in [0, 0.1) is 0 Å². The molecule has 1 aromatic rings. The molecule has 0 aliphatic rings. The second-order valence-corrected chi connectivity index (χ2v) is 14.0. The van der Waals surface area contributed by atoms with Crippen LogP contribution in [0.4, 0.5) is 0 Å². The number of benzene rings is 1. The van der Waals surface area contributed by atoms with Crippen molar-refractivity contribution in [2.45, 2.75) is 76.9 Å². The third kappa shape index (κ3) is 6.75. The van der Waals surface area contributed by atoms with Crippen LogP contribution in [0.15, 0.2) is 43.0 Å². The molecule has 0 amide bonds. The minimum absolute atomic E-state index is 0.119. The second kappa shape index (κ2) is 11.0. The Morgan fingerprint density at radius 2 is 1.69 bits per heavy atom. The minimum atomic E-state index is -1.79. The van der Waals surface area contributed by atoms with E-state index in [0.29, 0.717) is 0 Å². The number of ether oxygens (including phenoxy) is 2. The van der Waals surface area contributed by atoms with Crippen LogP contribution in [-0.4, -0.2) is 29.1 Å². The zero-order valence-electron chi connectivity index (χ0n) is 19.9. The molecule has 0 aromatic heterocycles. The van der Waals surface area contributed by atoms with Crippen LogP contribution in [0.5, 0.6) is 11.5 Å². The Bertz CT molecular complexity index is 673. The molecule has 164 valence electrons. The van der Waals surface area contributed by atoms with E-state index in [1.54, 1.807) is 14.2 Å². The van der Waals surface area contributed by atoms with E-state index < -0.39 is 8.32 Å². The zero-order valence-corrected chi connectivity index (χ0v) is 20.9. The van der Waals surface area contributed by atoms with E-state index in [-0.39, 0.29) is 10.5 Å². The molecule has 29 heavy (non-hydrogen) atoms. The van der Waals surface area contributed by atoms with Crippen LogP contribution in [0.3, 0.4) is 0 Å². The summed E-state index contributed by atoms with van der Waals surface area (Å²) in [6, 6.07) is 6.29. The number of rotatable bonds is 12. The van der Waals surface area contributed by atoms with Gasteiger partial charge in [0.15, 0.2) is 19.8 Å². The first-order chi connectivity index (χ1) is 13.6. The van der Waals surface area contributed by atoms with E-state index in [1.165, 1.54) is 5.56 Å². The lowest BCUT2D eigenvalue weighted by Gasteiger charge is -2.38. The first-order valence-electron chi connectivity index (χ1n) is 10.7. The molecule has 0 N–H and O–H groups in total. The van der Waals surface area contributed by atoms with E-state index in [0.717, 1.165) is 43.8 Å². The van der Waals surface area contributed by atoms with Gasteiger partial charge in [0.1, 0.15) is 0 Å². The van der Waals surface area contributed by atoms with Crippen molar-refractivity contribution >= 4 is 8.32 Å². The van der Waals surface area contributed by atoms with Gasteiger partial charge in [0.25, 0.3) is 0 Å². The lowest BCUT2D eigenvalue weighted by Crippen LogP contribution is -2.42. The minimum Gasteiger partial charge on any atom is -0.493 e. The Morgan fingerprint density at radius 3 is 2.21 bits per heavy atom. The number of hydrogen-bond donors (Lipinski definition) is 0. The zero-order chi connectivity index (χ0) is 22.1. The van der Waals surface area contributed by atoms with Crippen LogP contribution < -0.4 is 9.47 Å². The smallest absolute Gasteiger partial charge is 0.191 e. The fraction of sp³-hybridized carbons (Fsp3) is 0.600. The molecule has 0 aliphatic carbocycles. The molecular weight excluding hydrogens is 376 g/mol. The maximum Gasteiger partial charge on any atom is 0.191 e. The Balaban J connectivity index is 3.30. The van der Waals surface area contributed by atoms with Gasteiger partial charge in [-0.15, -0.1) is 6.58 Å². The van der Waals surface area contributed by atoms with E-state index in [9.17, 15) is 0 Å². The topological polar surface area (TPSA) is 27.7 Å². The second-order valence-electron chi connectivity index (χ2n) is 9.22. The van der Waals surface area contributed by atoms with E-state index in [2.05, 4.69) is 71.7 Å². The van der Waals surface area contributed by atoms with Crippen molar-refractivity contribution in [3.8, 4) is 11.5 Å². The lowest BCUT2D eigenvalue weighted by molar-refractivity contribution is 0.249. The van der Waals surface area contributed by atoms with Gasteiger partial charge in [-0.05, 0) is 61.5 Å². The molecule has 4 heteroatoms. The standard InChI is InChI=1S/C25H42O3Si/c1-10-12-16-25(17-13-11-2,18-19-28-29(8,9)24(3,4)5)21-14-15-22(26-6)23(20-21)27-7/h10,13-15,17,20H,1,11-12,16,18-19H2,2-9H3/b17-13+/t25-/m1/s1. The Morgan fingerprint density at radius 1 is 1.03 bits per heavy atom. The van der Waals surface area contributed by atoms with Crippen molar-refractivity contribution in [3.05, 3.63) is 48.6 Å². The van der Waals surface area contributed by atoms with Gasteiger partial charge in [-0.2, -0.15) is 0 Å². The van der Waals surface area contributed by atoms with Crippen molar-refractivity contribution in [3.63, 3.8) is 0 Å². The van der Waals surface area contributed by atoms with Crippen molar-refractivity contribution in [2.75, 3.05) is 20.8 Å². The van der Waals surface area contributed by atoms with E-state index in [4.69, 9.17) is 13.9 Å². The molecular formula is C25H42O3Si. The molecule has 0 bridgehead atoms. The first kappa shape index (κ1) is 25.5. The maximum atomic E-state index is 6.56. The Kier molecular flexibility index (Phi) is 9.70. The highest BCUT2D eigenvalue weighted by atomic mass is 28.4. The van der Waals surface area contributed by atoms with Gasteiger partial charge >= 0.3 is 0 Å². The third-order valence-corrected chi connectivity index (χ3v) is 10.8. The van der Waals surface area contributed by atoms with Crippen molar-refractivity contribution in [1.29, 1.82) is 0 Å². The summed E-state index contributed by atoms with van der Waals surface area (Å²) in [5.41, 5.74) is 1.12. The highest BCUT2D eigenvalue weighted by Crippen LogP contribution is 2.41. The summed E-state index contributed by atoms with van der Waals surface area (Å²) in [7, 11) is 1.57. The van der Waals surface area contributed by atoms with Gasteiger partial charge < -0.3 is 13.9 Å². The van der Waals surface area contributed by atoms with Gasteiger partial charge in [0, 0.05) is 12.0 Å². The van der Waals surface area contributed by atoms with Gasteiger partial charge in [-0.3, -0.25) is 0 Å². The molecule has 0 unspecified atom stereocenters. The number of methoxy groups -OCH3 is 2. The van der Waals surface area contributed by atoms with E-state index >= 15 is 0 Å². The largest absolute Gasteiger partial charge is 0.493 e. The molecule has 1 atom stereocenters. The average molecular weight is 419 g/mol. The van der Waals surface area contributed by atoms with Gasteiger partial charge in [0.2, 0.25) is 0 Å². The summed E-state index contributed by atoms with van der Waals surface area (Å²) in [4.78, 5) is 0. The summed E-state index contributed by atoms with van der Waals surface area (Å²) in [6.45, 7) is 18.4. The Labute approximate surface area is 180 Å². The number of hydrogen-bond acceptors (Lipinski definition) is 3. The molecule has 0 saturated carbocycles. The summed E-state index contributed by atoms with van der Waals surface area (Å²) < 4.78 is 17.6. The third-order valence-electron chi connectivity index (χ3n) is 6.24. The van der Waals surface area contributed by atoms with E-state index in [1.807, 2.05) is 12.1 Å². The van der Waals surface area contributed by atoms with Crippen molar-refractivity contribution in [2.24, 2.45) is 0 Å². The van der Waals surface area contributed by atoms with Crippen LogP contribution in [0.1, 0.15) is 58.9 Å². The fourth-order valence-electron chi connectivity index (χ4n) is 3.23. The molecule has 1 rings (SSSR count). The number of allylic oxidation sites excluding steroid dienone is 3. The van der Waals surface area contributed by atoms with Crippen LogP contribution in [-0.2, 0) is 9.84 Å². The molecule has 0 fully saturated rings. The summed E-state index contributed by atoms with van der Waals surface area (Å²) in [6.07, 6.45) is 10.5. The Hall–Kier alpha value is -1.52. The van der Waals surface area contributed by atoms with Crippen molar-refractivity contribution in [1.82, 2.24) is 0 Å². The summed E-state index contributed by atoms with van der Waals surface area (Å²) in [5, 5.41) is 0.208. The quantitative estimate of drug-likeness (QED) is 0.263. The monoisotopic (exact) mass is 418 g/mol. The van der Waals surface area contributed by atoms with Crippen molar-refractivity contribution < 1.29 is 13.9 Å².